The molecule has 1 aliphatic rings. The van der Waals surface area contributed by atoms with E-state index in [0.29, 0.717) is 59.1 Å². The average Bonchev–Trinajstić information content (AvgIpc) is 2.76. The molecule has 0 radical (unpaired) electrons. The quantitative estimate of drug-likeness (QED) is 0.537. The van der Waals surface area contributed by atoms with Crippen molar-refractivity contribution >= 4 is 28.5 Å². The Labute approximate surface area is 167 Å². The van der Waals surface area contributed by atoms with Crippen LogP contribution >= 0.6 is 11.6 Å². The third-order valence-corrected chi connectivity index (χ3v) is 5.10. The topological polar surface area (TPSA) is 77.7 Å². The van der Waals surface area contributed by atoms with E-state index >= 15 is 0 Å². The smallest absolute Gasteiger partial charge is 0.343 e. The Morgan fingerprint density at radius 2 is 1.93 bits per heavy atom. The molecular weight excluding hydrogens is 378 g/mol. The maximum atomic E-state index is 12.7. The van der Waals surface area contributed by atoms with Gasteiger partial charge in [-0.15, -0.1) is 0 Å². The predicted molar refractivity (Wildman–Crippen MR) is 107 cm³/mol. The SMILES string of the molecule is NC(c1cc(Cl)c2cccnc2c1OC(=O)c1ccccc1)N1CCOCC1. The zero-order chi connectivity index (χ0) is 19.5. The molecule has 2 N–H and O–H groups in total. The highest BCUT2D eigenvalue weighted by atomic mass is 35.5. The van der Waals surface area contributed by atoms with E-state index in [9.17, 15) is 4.79 Å². The zero-order valence-corrected chi connectivity index (χ0v) is 15.9. The van der Waals surface area contributed by atoms with Crippen LogP contribution in [0.25, 0.3) is 10.9 Å². The third kappa shape index (κ3) is 3.72. The zero-order valence-electron chi connectivity index (χ0n) is 15.2. The maximum absolute atomic E-state index is 12.7. The van der Waals surface area contributed by atoms with Crippen LogP contribution < -0.4 is 10.5 Å². The Morgan fingerprint density at radius 1 is 1.18 bits per heavy atom. The highest BCUT2D eigenvalue weighted by Crippen LogP contribution is 2.38. The number of pyridine rings is 1. The van der Waals surface area contributed by atoms with Crippen molar-refractivity contribution in [3.8, 4) is 5.75 Å². The second-order valence-corrected chi connectivity index (χ2v) is 6.93. The number of carbonyl (C=O) groups is 1. The van der Waals surface area contributed by atoms with E-state index in [4.69, 9.17) is 26.8 Å². The minimum Gasteiger partial charge on any atom is -0.420 e. The first-order valence-corrected chi connectivity index (χ1v) is 9.44. The Hall–Kier alpha value is -2.51. The molecule has 4 rings (SSSR count). The first-order valence-electron chi connectivity index (χ1n) is 9.07. The molecule has 144 valence electrons. The molecule has 0 aliphatic carbocycles. The fourth-order valence-corrected chi connectivity index (χ4v) is 3.57. The number of nitrogens with two attached hydrogens (primary N) is 1. The maximum Gasteiger partial charge on any atom is 0.343 e. The lowest BCUT2D eigenvalue weighted by Gasteiger charge is -2.33. The molecule has 0 saturated carbocycles. The van der Waals surface area contributed by atoms with Gasteiger partial charge in [-0.3, -0.25) is 9.88 Å². The van der Waals surface area contributed by atoms with Crippen LogP contribution in [0.4, 0.5) is 0 Å². The van der Waals surface area contributed by atoms with Crippen molar-refractivity contribution in [3.05, 3.63) is 70.9 Å². The van der Waals surface area contributed by atoms with E-state index in [1.807, 2.05) is 12.1 Å². The first-order chi connectivity index (χ1) is 13.6. The molecule has 2 heterocycles. The van der Waals surface area contributed by atoms with Crippen molar-refractivity contribution in [2.45, 2.75) is 6.17 Å². The molecule has 6 nitrogen and oxygen atoms in total. The normalized spacial score (nSPS) is 16.1. The number of carbonyl (C=O) groups excluding carboxylic acids is 1. The summed E-state index contributed by atoms with van der Waals surface area (Å²) < 4.78 is 11.2. The number of esters is 1. The van der Waals surface area contributed by atoms with Crippen molar-refractivity contribution in [1.29, 1.82) is 0 Å². The lowest BCUT2D eigenvalue weighted by Crippen LogP contribution is -2.42. The number of ether oxygens (including phenoxy) is 2. The van der Waals surface area contributed by atoms with Crippen molar-refractivity contribution in [2.24, 2.45) is 5.73 Å². The molecule has 1 atom stereocenters. The van der Waals surface area contributed by atoms with Crippen LogP contribution in [0.5, 0.6) is 5.75 Å². The van der Waals surface area contributed by atoms with Crippen LogP contribution in [0.3, 0.4) is 0 Å². The molecule has 3 aromatic rings. The highest BCUT2D eigenvalue weighted by molar-refractivity contribution is 6.35. The number of rotatable bonds is 4. The largest absolute Gasteiger partial charge is 0.420 e. The molecule has 0 bridgehead atoms. The highest BCUT2D eigenvalue weighted by Gasteiger charge is 2.26. The van der Waals surface area contributed by atoms with Crippen molar-refractivity contribution in [2.75, 3.05) is 26.3 Å². The summed E-state index contributed by atoms with van der Waals surface area (Å²) >= 11 is 6.49. The molecule has 0 amide bonds. The number of halogens is 1. The van der Waals surface area contributed by atoms with Crippen molar-refractivity contribution in [3.63, 3.8) is 0 Å². The summed E-state index contributed by atoms with van der Waals surface area (Å²) in [4.78, 5) is 19.2. The van der Waals surface area contributed by atoms with Gasteiger partial charge in [0.2, 0.25) is 0 Å². The van der Waals surface area contributed by atoms with E-state index in [2.05, 4.69) is 9.88 Å². The van der Waals surface area contributed by atoms with Gasteiger partial charge in [0.25, 0.3) is 0 Å². The number of hydrogen-bond acceptors (Lipinski definition) is 6. The van der Waals surface area contributed by atoms with E-state index in [1.54, 1.807) is 42.6 Å². The summed E-state index contributed by atoms with van der Waals surface area (Å²) in [7, 11) is 0. The van der Waals surface area contributed by atoms with Gasteiger partial charge in [0.15, 0.2) is 5.75 Å². The molecule has 1 saturated heterocycles. The minimum absolute atomic E-state index is 0.341. The summed E-state index contributed by atoms with van der Waals surface area (Å²) in [6.07, 6.45) is 1.15. The molecule has 1 aliphatic heterocycles. The number of morpholine rings is 1. The van der Waals surface area contributed by atoms with Gasteiger partial charge in [0.05, 0.1) is 30.0 Å². The molecule has 2 aromatic carbocycles. The van der Waals surface area contributed by atoms with Gasteiger partial charge in [0, 0.05) is 30.2 Å². The Balaban J connectivity index is 1.79. The van der Waals surface area contributed by atoms with E-state index in [0.717, 1.165) is 0 Å². The summed E-state index contributed by atoms with van der Waals surface area (Å²) in [6, 6.07) is 14.2. The van der Waals surface area contributed by atoms with Crippen LogP contribution in [-0.2, 0) is 4.74 Å². The van der Waals surface area contributed by atoms with Gasteiger partial charge in [-0.1, -0.05) is 29.8 Å². The third-order valence-electron chi connectivity index (χ3n) is 4.79. The predicted octanol–water partition coefficient (Wildman–Crippen LogP) is 3.40. The van der Waals surface area contributed by atoms with Gasteiger partial charge < -0.3 is 15.2 Å². The lowest BCUT2D eigenvalue weighted by molar-refractivity contribution is 0.0168. The summed E-state index contributed by atoms with van der Waals surface area (Å²) in [5.74, 6) is -0.127. The van der Waals surface area contributed by atoms with Crippen LogP contribution in [0.2, 0.25) is 5.02 Å². The fraction of sp³-hybridized carbons (Fsp3) is 0.238. The number of aromatic nitrogens is 1. The molecule has 1 fully saturated rings. The first kappa shape index (κ1) is 18.8. The number of benzene rings is 2. The van der Waals surface area contributed by atoms with Gasteiger partial charge >= 0.3 is 5.97 Å². The number of nitrogens with zero attached hydrogens (tertiary/aromatic N) is 2. The van der Waals surface area contributed by atoms with Crippen LogP contribution in [0, 0.1) is 0 Å². The lowest BCUT2D eigenvalue weighted by atomic mass is 10.1. The van der Waals surface area contributed by atoms with Crippen LogP contribution in [0.15, 0.2) is 54.7 Å². The van der Waals surface area contributed by atoms with Gasteiger partial charge in [0.1, 0.15) is 5.52 Å². The second-order valence-electron chi connectivity index (χ2n) is 6.53. The van der Waals surface area contributed by atoms with Gasteiger partial charge in [-0.25, -0.2) is 4.79 Å². The Bertz CT molecular complexity index is 991. The second kappa shape index (κ2) is 8.24. The minimum atomic E-state index is -0.494. The molecule has 7 heteroatoms. The van der Waals surface area contributed by atoms with Crippen molar-refractivity contribution in [1.82, 2.24) is 9.88 Å². The van der Waals surface area contributed by atoms with E-state index in [1.165, 1.54) is 0 Å². The Morgan fingerprint density at radius 3 is 2.68 bits per heavy atom. The monoisotopic (exact) mass is 397 g/mol. The Kier molecular flexibility index (Phi) is 5.54. The number of fused-ring (bicyclic) bond motifs is 1. The molecular formula is C21H20ClN3O3. The fourth-order valence-electron chi connectivity index (χ4n) is 3.30. The summed E-state index contributed by atoms with van der Waals surface area (Å²) in [5, 5.41) is 1.22. The molecule has 1 unspecified atom stereocenters. The van der Waals surface area contributed by atoms with Crippen LogP contribution in [0.1, 0.15) is 22.1 Å². The van der Waals surface area contributed by atoms with Gasteiger partial charge in [-0.05, 0) is 30.3 Å². The van der Waals surface area contributed by atoms with E-state index < -0.39 is 12.1 Å². The number of hydrogen-bond donors (Lipinski definition) is 1. The van der Waals surface area contributed by atoms with Crippen molar-refractivity contribution < 1.29 is 14.3 Å². The van der Waals surface area contributed by atoms with Crippen LogP contribution in [-0.4, -0.2) is 42.2 Å². The average molecular weight is 398 g/mol. The summed E-state index contributed by atoms with van der Waals surface area (Å²) in [5.41, 5.74) is 8.13. The van der Waals surface area contributed by atoms with Gasteiger partial charge in [-0.2, -0.15) is 0 Å². The summed E-state index contributed by atoms with van der Waals surface area (Å²) in [6.45, 7) is 2.58. The molecule has 28 heavy (non-hydrogen) atoms. The standard InChI is InChI=1S/C21H20ClN3O3/c22-17-13-16(20(23)25-9-11-27-12-10-25)19(18-15(17)7-4-8-24-18)28-21(26)14-5-2-1-3-6-14/h1-8,13,20H,9-12,23H2. The molecule has 1 aromatic heterocycles. The molecule has 0 spiro atoms. The van der Waals surface area contributed by atoms with E-state index in [-0.39, 0.29) is 0 Å².